The summed E-state index contributed by atoms with van der Waals surface area (Å²) in [5.41, 5.74) is 11.8. The molecule has 2 atom stereocenters. The zero-order chi connectivity index (χ0) is 16.4. The molecule has 23 heavy (non-hydrogen) atoms. The lowest BCUT2D eigenvalue weighted by Gasteiger charge is -2.37. The number of hydrogen-bond donors (Lipinski definition) is 1. The van der Waals surface area contributed by atoms with Gasteiger partial charge in [0.05, 0.1) is 12.2 Å². The lowest BCUT2D eigenvalue weighted by Crippen LogP contribution is -2.45. The summed E-state index contributed by atoms with van der Waals surface area (Å²) >= 11 is 0. The quantitative estimate of drug-likeness (QED) is 0.946. The number of benzene rings is 1. The molecule has 0 bridgehead atoms. The van der Waals surface area contributed by atoms with E-state index in [2.05, 4.69) is 48.0 Å². The molecule has 122 valence electrons. The van der Waals surface area contributed by atoms with Gasteiger partial charge in [0.1, 0.15) is 0 Å². The van der Waals surface area contributed by atoms with Crippen molar-refractivity contribution >= 4 is 5.69 Å². The average molecular weight is 311 g/mol. The fourth-order valence-electron chi connectivity index (χ4n) is 3.33. The Bertz CT molecular complexity index is 676. The van der Waals surface area contributed by atoms with Gasteiger partial charge in [-0.1, -0.05) is 6.07 Å². The van der Waals surface area contributed by atoms with Gasteiger partial charge in [0.2, 0.25) is 0 Å². The third-order valence-electron chi connectivity index (χ3n) is 4.30. The number of nitrogens with zero attached hydrogens (tertiary/aromatic N) is 2. The van der Waals surface area contributed by atoms with Crippen LogP contribution in [0.15, 0.2) is 36.5 Å². The van der Waals surface area contributed by atoms with Crippen LogP contribution in [0.25, 0.3) is 11.1 Å². The summed E-state index contributed by atoms with van der Waals surface area (Å²) in [5, 5.41) is 0. The highest BCUT2D eigenvalue weighted by molar-refractivity contribution is 5.70. The molecule has 0 unspecified atom stereocenters. The SMILES string of the molecule is Cc1cc(-c2ccc(N3C[C@@H](C)O[C@@H](C)C3)cc2CN)ccn1. The minimum atomic E-state index is 0.252. The van der Waals surface area contributed by atoms with Crippen LogP contribution in [0.2, 0.25) is 0 Å². The summed E-state index contributed by atoms with van der Waals surface area (Å²) < 4.78 is 5.83. The Morgan fingerprint density at radius 2 is 1.91 bits per heavy atom. The third kappa shape index (κ3) is 3.54. The van der Waals surface area contributed by atoms with Crippen LogP contribution in [0.5, 0.6) is 0 Å². The van der Waals surface area contributed by atoms with Crippen molar-refractivity contribution in [2.45, 2.75) is 39.5 Å². The Morgan fingerprint density at radius 1 is 1.17 bits per heavy atom. The van der Waals surface area contributed by atoms with Crippen LogP contribution in [-0.4, -0.2) is 30.3 Å². The Kier molecular flexibility index (Phi) is 4.64. The van der Waals surface area contributed by atoms with E-state index in [9.17, 15) is 0 Å². The van der Waals surface area contributed by atoms with E-state index in [-0.39, 0.29) is 12.2 Å². The van der Waals surface area contributed by atoms with E-state index in [1.165, 1.54) is 22.4 Å². The molecule has 0 radical (unpaired) electrons. The average Bonchev–Trinajstić information content (AvgIpc) is 2.53. The van der Waals surface area contributed by atoms with Crippen molar-refractivity contribution in [2.24, 2.45) is 5.73 Å². The lowest BCUT2D eigenvalue weighted by molar-refractivity contribution is -0.00521. The van der Waals surface area contributed by atoms with E-state index >= 15 is 0 Å². The second kappa shape index (κ2) is 6.69. The number of ether oxygens (including phenoxy) is 1. The van der Waals surface area contributed by atoms with Crippen molar-refractivity contribution in [2.75, 3.05) is 18.0 Å². The van der Waals surface area contributed by atoms with E-state index in [1.807, 2.05) is 19.2 Å². The van der Waals surface area contributed by atoms with Gasteiger partial charge in [-0.3, -0.25) is 4.98 Å². The largest absolute Gasteiger partial charge is 0.372 e. The number of nitrogens with two attached hydrogens (primary N) is 1. The molecule has 3 rings (SSSR count). The minimum Gasteiger partial charge on any atom is -0.372 e. The van der Waals surface area contributed by atoms with Gasteiger partial charge in [-0.25, -0.2) is 0 Å². The van der Waals surface area contributed by atoms with Crippen molar-refractivity contribution in [3.8, 4) is 11.1 Å². The zero-order valence-electron chi connectivity index (χ0n) is 14.1. The van der Waals surface area contributed by atoms with E-state index in [1.54, 1.807) is 0 Å². The Morgan fingerprint density at radius 3 is 2.57 bits per heavy atom. The highest BCUT2D eigenvalue weighted by atomic mass is 16.5. The minimum absolute atomic E-state index is 0.252. The van der Waals surface area contributed by atoms with Gasteiger partial charge < -0.3 is 15.4 Å². The third-order valence-corrected chi connectivity index (χ3v) is 4.30. The molecule has 1 aliphatic heterocycles. The van der Waals surface area contributed by atoms with Crippen LogP contribution >= 0.6 is 0 Å². The monoisotopic (exact) mass is 311 g/mol. The van der Waals surface area contributed by atoms with Gasteiger partial charge in [0, 0.05) is 37.2 Å². The maximum atomic E-state index is 6.02. The molecule has 4 heteroatoms. The Hall–Kier alpha value is -1.91. The first-order valence-electron chi connectivity index (χ1n) is 8.23. The van der Waals surface area contributed by atoms with Crippen LogP contribution in [0.3, 0.4) is 0 Å². The van der Waals surface area contributed by atoms with Gasteiger partial charge in [-0.2, -0.15) is 0 Å². The van der Waals surface area contributed by atoms with Gasteiger partial charge in [0.25, 0.3) is 0 Å². The number of aryl methyl sites for hydroxylation is 1. The molecule has 1 saturated heterocycles. The highest BCUT2D eigenvalue weighted by Crippen LogP contribution is 2.29. The maximum absolute atomic E-state index is 6.02. The molecule has 0 amide bonds. The first-order chi connectivity index (χ1) is 11.1. The molecular formula is C19H25N3O. The Labute approximate surface area is 138 Å². The van der Waals surface area contributed by atoms with Crippen molar-refractivity contribution < 1.29 is 4.74 Å². The molecule has 1 fully saturated rings. The van der Waals surface area contributed by atoms with E-state index < -0.39 is 0 Å². The van der Waals surface area contributed by atoms with Crippen molar-refractivity contribution in [1.29, 1.82) is 0 Å². The predicted molar refractivity (Wildman–Crippen MR) is 94.5 cm³/mol. The van der Waals surface area contributed by atoms with Crippen molar-refractivity contribution in [1.82, 2.24) is 4.98 Å². The number of pyridine rings is 1. The second-order valence-electron chi connectivity index (χ2n) is 6.39. The molecule has 2 N–H and O–H groups in total. The van der Waals surface area contributed by atoms with Crippen molar-refractivity contribution in [3.63, 3.8) is 0 Å². The van der Waals surface area contributed by atoms with Gasteiger partial charge >= 0.3 is 0 Å². The van der Waals surface area contributed by atoms with Crippen LogP contribution < -0.4 is 10.6 Å². The van der Waals surface area contributed by atoms with E-state index in [4.69, 9.17) is 10.5 Å². The highest BCUT2D eigenvalue weighted by Gasteiger charge is 2.22. The number of hydrogen-bond acceptors (Lipinski definition) is 4. The molecule has 4 nitrogen and oxygen atoms in total. The molecule has 2 heterocycles. The Balaban J connectivity index is 1.93. The summed E-state index contributed by atoms with van der Waals surface area (Å²) in [6, 6.07) is 10.7. The number of aromatic nitrogens is 1. The first kappa shape index (κ1) is 16.0. The first-order valence-corrected chi connectivity index (χ1v) is 8.23. The summed E-state index contributed by atoms with van der Waals surface area (Å²) in [6.07, 6.45) is 2.36. The maximum Gasteiger partial charge on any atom is 0.0726 e. The summed E-state index contributed by atoms with van der Waals surface area (Å²) in [6.45, 7) is 8.63. The zero-order valence-corrected chi connectivity index (χ0v) is 14.1. The molecule has 1 aromatic carbocycles. The smallest absolute Gasteiger partial charge is 0.0726 e. The van der Waals surface area contributed by atoms with Gasteiger partial charge in [-0.15, -0.1) is 0 Å². The fraction of sp³-hybridized carbons (Fsp3) is 0.421. The predicted octanol–water partition coefficient (Wildman–Crippen LogP) is 3.13. The number of morpholine rings is 1. The summed E-state index contributed by atoms with van der Waals surface area (Å²) in [7, 11) is 0. The molecule has 1 aromatic heterocycles. The molecule has 2 aromatic rings. The molecule has 0 spiro atoms. The number of anilines is 1. The lowest BCUT2D eigenvalue weighted by atomic mass is 9.98. The summed E-state index contributed by atoms with van der Waals surface area (Å²) in [5.74, 6) is 0. The van der Waals surface area contributed by atoms with E-state index in [0.29, 0.717) is 6.54 Å². The van der Waals surface area contributed by atoms with Crippen molar-refractivity contribution in [3.05, 3.63) is 47.8 Å². The topological polar surface area (TPSA) is 51.4 Å². The molecule has 0 saturated carbocycles. The van der Waals surface area contributed by atoms with E-state index in [0.717, 1.165) is 18.8 Å². The normalized spacial score (nSPS) is 21.5. The van der Waals surface area contributed by atoms with Crippen LogP contribution in [0.4, 0.5) is 5.69 Å². The molecule has 1 aliphatic rings. The molecular weight excluding hydrogens is 286 g/mol. The standard InChI is InChI=1S/C19H25N3O/c1-13-8-16(6-7-21-13)19-5-4-18(9-17(19)10-20)22-11-14(2)23-15(3)12-22/h4-9,14-15H,10-12,20H2,1-3H3/t14-,15+. The number of rotatable bonds is 3. The fourth-order valence-corrected chi connectivity index (χ4v) is 3.33. The molecule has 0 aliphatic carbocycles. The van der Waals surface area contributed by atoms with Gasteiger partial charge in [0.15, 0.2) is 0 Å². The second-order valence-corrected chi connectivity index (χ2v) is 6.39. The van der Waals surface area contributed by atoms with Crippen LogP contribution in [0.1, 0.15) is 25.1 Å². The van der Waals surface area contributed by atoms with Crippen LogP contribution in [0, 0.1) is 6.92 Å². The van der Waals surface area contributed by atoms with Gasteiger partial charge in [-0.05, 0) is 61.7 Å². The summed E-state index contributed by atoms with van der Waals surface area (Å²) in [4.78, 5) is 6.66. The van der Waals surface area contributed by atoms with Crippen LogP contribution in [-0.2, 0) is 11.3 Å².